The highest BCUT2D eigenvalue weighted by Crippen LogP contribution is 2.24. The molecule has 0 N–H and O–H groups in total. The van der Waals surface area contributed by atoms with Gasteiger partial charge >= 0.3 is 0 Å². The fourth-order valence-electron chi connectivity index (χ4n) is 1.80. The van der Waals surface area contributed by atoms with E-state index in [1.807, 2.05) is 0 Å². The van der Waals surface area contributed by atoms with Crippen LogP contribution in [0.2, 0.25) is 0 Å². The Morgan fingerprint density at radius 2 is 1.80 bits per heavy atom. The normalized spacial score (nSPS) is 12.9. The van der Waals surface area contributed by atoms with Gasteiger partial charge in [-0.15, -0.1) is 0 Å². The molecule has 0 spiro atoms. The van der Waals surface area contributed by atoms with Crippen molar-refractivity contribution in [1.82, 2.24) is 0 Å². The van der Waals surface area contributed by atoms with Crippen LogP contribution in [0.3, 0.4) is 0 Å². The summed E-state index contributed by atoms with van der Waals surface area (Å²) in [5.41, 5.74) is 3.73. The van der Waals surface area contributed by atoms with Gasteiger partial charge in [-0.05, 0) is 30.4 Å². The van der Waals surface area contributed by atoms with Gasteiger partial charge < -0.3 is 4.79 Å². The summed E-state index contributed by atoms with van der Waals surface area (Å²) in [6.07, 6.45) is 1.93. The SMILES string of the molecule is CCC(C=O)c1cc(C)cc(C(C)C)c1. The minimum absolute atomic E-state index is 0.0578. The molecule has 0 heterocycles. The zero-order valence-corrected chi connectivity index (χ0v) is 10.1. The first-order valence-electron chi connectivity index (χ1n) is 5.65. The minimum atomic E-state index is 0.0578. The van der Waals surface area contributed by atoms with Crippen molar-refractivity contribution >= 4 is 6.29 Å². The van der Waals surface area contributed by atoms with Gasteiger partial charge in [0.15, 0.2) is 0 Å². The number of rotatable bonds is 4. The van der Waals surface area contributed by atoms with Crippen LogP contribution < -0.4 is 0 Å². The summed E-state index contributed by atoms with van der Waals surface area (Å²) in [7, 11) is 0. The first-order chi connectivity index (χ1) is 7.08. The van der Waals surface area contributed by atoms with Crippen LogP contribution in [-0.4, -0.2) is 6.29 Å². The van der Waals surface area contributed by atoms with Crippen LogP contribution in [0.15, 0.2) is 18.2 Å². The smallest absolute Gasteiger partial charge is 0.127 e. The van der Waals surface area contributed by atoms with Gasteiger partial charge in [-0.3, -0.25) is 0 Å². The standard InChI is InChI=1S/C14H20O/c1-5-12(9-15)14-7-11(4)6-13(8-14)10(2)3/h6-10,12H,5H2,1-4H3. The Labute approximate surface area is 92.5 Å². The van der Waals surface area contributed by atoms with Crippen molar-refractivity contribution < 1.29 is 4.79 Å². The Kier molecular flexibility index (Phi) is 4.07. The second kappa shape index (κ2) is 5.11. The number of aryl methyl sites for hydroxylation is 1. The highest BCUT2D eigenvalue weighted by Gasteiger charge is 2.10. The van der Waals surface area contributed by atoms with Crippen LogP contribution >= 0.6 is 0 Å². The summed E-state index contributed by atoms with van der Waals surface area (Å²) in [5, 5.41) is 0. The van der Waals surface area contributed by atoms with E-state index >= 15 is 0 Å². The van der Waals surface area contributed by atoms with Crippen LogP contribution in [0.25, 0.3) is 0 Å². The van der Waals surface area contributed by atoms with Gasteiger partial charge in [0.2, 0.25) is 0 Å². The Hall–Kier alpha value is -1.11. The zero-order chi connectivity index (χ0) is 11.4. The van der Waals surface area contributed by atoms with Crippen molar-refractivity contribution in [3.63, 3.8) is 0 Å². The molecule has 1 aromatic carbocycles. The van der Waals surface area contributed by atoms with Crippen molar-refractivity contribution in [2.75, 3.05) is 0 Å². The molecular weight excluding hydrogens is 184 g/mol. The van der Waals surface area contributed by atoms with Gasteiger partial charge in [-0.2, -0.15) is 0 Å². The molecule has 0 aromatic heterocycles. The molecule has 1 atom stereocenters. The third kappa shape index (κ3) is 2.92. The molecule has 1 unspecified atom stereocenters. The maximum Gasteiger partial charge on any atom is 0.127 e. The third-order valence-corrected chi connectivity index (χ3v) is 2.82. The summed E-state index contributed by atoms with van der Waals surface area (Å²) >= 11 is 0. The second-order valence-electron chi connectivity index (χ2n) is 4.48. The van der Waals surface area contributed by atoms with Crippen molar-refractivity contribution in [3.8, 4) is 0 Å². The lowest BCUT2D eigenvalue weighted by atomic mass is 9.91. The number of aldehydes is 1. The lowest BCUT2D eigenvalue weighted by Crippen LogP contribution is -2.01. The first kappa shape index (κ1) is 12.0. The van der Waals surface area contributed by atoms with E-state index in [1.165, 1.54) is 11.1 Å². The van der Waals surface area contributed by atoms with Gasteiger partial charge in [0, 0.05) is 5.92 Å². The molecule has 0 saturated heterocycles. The highest BCUT2D eigenvalue weighted by atomic mass is 16.1. The number of benzene rings is 1. The predicted molar refractivity (Wildman–Crippen MR) is 64.4 cm³/mol. The number of hydrogen-bond donors (Lipinski definition) is 0. The average molecular weight is 204 g/mol. The average Bonchev–Trinajstić information content (AvgIpc) is 2.18. The van der Waals surface area contributed by atoms with Gasteiger partial charge in [0.05, 0.1) is 0 Å². The Balaban J connectivity index is 3.13. The lowest BCUT2D eigenvalue weighted by molar-refractivity contribution is -0.109. The van der Waals surface area contributed by atoms with Gasteiger partial charge in [0.25, 0.3) is 0 Å². The molecule has 1 rings (SSSR count). The van der Waals surface area contributed by atoms with Gasteiger partial charge in [-0.1, -0.05) is 44.5 Å². The summed E-state index contributed by atoms with van der Waals surface area (Å²) in [6, 6.07) is 6.49. The molecular formula is C14H20O. The molecule has 0 saturated carbocycles. The molecule has 0 aliphatic carbocycles. The van der Waals surface area contributed by atoms with Crippen LogP contribution in [0.5, 0.6) is 0 Å². The van der Waals surface area contributed by atoms with Crippen molar-refractivity contribution in [2.45, 2.75) is 46.0 Å². The van der Waals surface area contributed by atoms with E-state index in [1.54, 1.807) is 0 Å². The molecule has 0 amide bonds. The summed E-state index contributed by atoms with van der Waals surface area (Å²) in [6.45, 7) is 8.50. The number of carbonyl (C=O) groups is 1. The van der Waals surface area contributed by atoms with Crippen LogP contribution in [0.4, 0.5) is 0 Å². The van der Waals surface area contributed by atoms with E-state index < -0.39 is 0 Å². The third-order valence-electron chi connectivity index (χ3n) is 2.82. The Bertz CT molecular complexity index is 339. The fourth-order valence-corrected chi connectivity index (χ4v) is 1.80. The van der Waals surface area contributed by atoms with E-state index in [9.17, 15) is 4.79 Å². The summed E-state index contributed by atoms with van der Waals surface area (Å²) in [4.78, 5) is 10.9. The molecule has 0 aliphatic heterocycles. The molecule has 0 bridgehead atoms. The predicted octanol–water partition coefficient (Wildman–Crippen LogP) is 3.81. The van der Waals surface area contributed by atoms with Crippen LogP contribution in [0, 0.1) is 6.92 Å². The minimum Gasteiger partial charge on any atom is -0.303 e. The van der Waals surface area contributed by atoms with Gasteiger partial charge in [0.1, 0.15) is 6.29 Å². The fraction of sp³-hybridized carbons (Fsp3) is 0.500. The van der Waals surface area contributed by atoms with E-state index in [0.29, 0.717) is 5.92 Å². The van der Waals surface area contributed by atoms with Crippen molar-refractivity contribution in [1.29, 1.82) is 0 Å². The quantitative estimate of drug-likeness (QED) is 0.681. The molecule has 0 fully saturated rings. The summed E-state index contributed by atoms with van der Waals surface area (Å²) < 4.78 is 0. The molecule has 15 heavy (non-hydrogen) atoms. The first-order valence-corrected chi connectivity index (χ1v) is 5.65. The van der Waals surface area contributed by atoms with E-state index in [0.717, 1.165) is 18.3 Å². The number of carbonyl (C=O) groups excluding carboxylic acids is 1. The van der Waals surface area contributed by atoms with Crippen LogP contribution in [0.1, 0.15) is 55.7 Å². The van der Waals surface area contributed by atoms with E-state index in [4.69, 9.17) is 0 Å². The van der Waals surface area contributed by atoms with Crippen molar-refractivity contribution in [3.05, 3.63) is 34.9 Å². The second-order valence-corrected chi connectivity index (χ2v) is 4.48. The van der Waals surface area contributed by atoms with Gasteiger partial charge in [-0.25, -0.2) is 0 Å². The molecule has 1 heteroatoms. The highest BCUT2D eigenvalue weighted by molar-refractivity contribution is 5.62. The number of hydrogen-bond acceptors (Lipinski definition) is 1. The molecule has 0 radical (unpaired) electrons. The maximum absolute atomic E-state index is 10.9. The monoisotopic (exact) mass is 204 g/mol. The topological polar surface area (TPSA) is 17.1 Å². The van der Waals surface area contributed by atoms with E-state index in [-0.39, 0.29) is 5.92 Å². The van der Waals surface area contributed by atoms with Crippen LogP contribution in [-0.2, 0) is 4.79 Å². The van der Waals surface area contributed by atoms with E-state index in [2.05, 4.69) is 45.9 Å². The molecule has 1 nitrogen and oxygen atoms in total. The maximum atomic E-state index is 10.9. The lowest BCUT2D eigenvalue weighted by Gasteiger charge is -2.13. The summed E-state index contributed by atoms with van der Waals surface area (Å²) in [5.74, 6) is 0.579. The Morgan fingerprint density at radius 3 is 2.27 bits per heavy atom. The molecule has 0 aliphatic rings. The molecule has 82 valence electrons. The molecule has 1 aromatic rings. The largest absolute Gasteiger partial charge is 0.303 e. The van der Waals surface area contributed by atoms with Crippen molar-refractivity contribution in [2.24, 2.45) is 0 Å². The zero-order valence-electron chi connectivity index (χ0n) is 10.1. The Morgan fingerprint density at radius 1 is 1.20 bits per heavy atom.